The van der Waals surface area contributed by atoms with Crippen molar-refractivity contribution in [3.63, 3.8) is 0 Å². The Morgan fingerprint density at radius 1 is 1.29 bits per heavy atom. The van der Waals surface area contributed by atoms with Crippen LogP contribution in [0.3, 0.4) is 0 Å². The highest BCUT2D eigenvalue weighted by molar-refractivity contribution is 7.11. The molecule has 0 amide bonds. The highest BCUT2D eigenvalue weighted by Crippen LogP contribution is 2.26. The quantitative estimate of drug-likeness (QED) is 0.881. The highest BCUT2D eigenvalue weighted by atomic mass is 32.1. The molecule has 0 aromatic carbocycles. The van der Waals surface area contributed by atoms with Crippen LogP contribution in [0.1, 0.15) is 54.6 Å². The Kier molecular flexibility index (Phi) is 4.57. The maximum Gasteiger partial charge on any atom is 0.0900 e. The lowest BCUT2D eigenvalue weighted by Gasteiger charge is -2.28. The van der Waals surface area contributed by atoms with Gasteiger partial charge in [0.15, 0.2) is 0 Å². The Morgan fingerprint density at radius 2 is 2.00 bits per heavy atom. The van der Waals surface area contributed by atoms with Crippen molar-refractivity contribution in [1.29, 1.82) is 0 Å². The molecule has 96 valence electrons. The van der Waals surface area contributed by atoms with Gasteiger partial charge in [0, 0.05) is 17.5 Å². The van der Waals surface area contributed by atoms with Gasteiger partial charge in [-0.25, -0.2) is 4.98 Å². The fraction of sp³-hybridized carbons (Fsp3) is 0.786. The lowest BCUT2D eigenvalue weighted by atomic mass is 9.84. The van der Waals surface area contributed by atoms with Crippen LogP contribution in [0.25, 0.3) is 0 Å². The van der Waals surface area contributed by atoms with Gasteiger partial charge in [-0.1, -0.05) is 19.3 Å². The molecule has 1 fully saturated rings. The van der Waals surface area contributed by atoms with Crippen molar-refractivity contribution < 1.29 is 0 Å². The zero-order valence-corrected chi connectivity index (χ0v) is 12.1. The third kappa shape index (κ3) is 3.52. The summed E-state index contributed by atoms with van der Waals surface area (Å²) in [7, 11) is 0. The molecule has 0 bridgehead atoms. The standard InChI is InChI=1S/C14H24N2S/c1-10(13-7-5-4-6-8-13)15-9-14-11(2)16-12(3)17-14/h10,13,15H,4-9H2,1-3H3/t10-/m0/s1. The van der Waals surface area contributed by atoms with E-state index in [1.165, 1.54) is 47.7 Å². The summed E-state index contributed by atoms with van der Waals surface area (Å²) in [5.41, 5.74) is 1.20. The van der Waals surface area contributed by atoms with E-state index in [-0.39, 0.29) is 0 Å². The molecule has 2 nitrogen and oxygen atoms in total. The number of rotatable bonds is 4. The van der Waals surface area contributed by atoms with Gasteiger partial charge >= 0.3 is 0 Å². The maximum atomic E-state index is 4.48. The summed E-state index contributed by atoms with van der Waals surface area (Å²) >= 11 is 1.83. The summed E-state index contributed by atoms with van der Waals surface area (Å²) in [4.78, 5) is 5.89. The molecule has 3 heteroatoms. The molecule has 0 radical (unpaired) electrons. The molecule has 0 spiro atoms. The second-order valence-corrected chi connectivity index (χ2v) is 6.60. The van der Waals surface area contributed by atoms with E-state index in [0.29, 0.717) is 6.04 Å². The van der Waals surface area contributed by atoms with Crippen molar-refractivity contribution in [2.75, 3.05) is 0 Å². The van der Waals surface area contributed by atoms with Crippen molar-refractivity contribution in [3.8, 4) is 0 Å². The fourth-order valence-electron chi connectivity index (χ4n) is 2.79. The first-order valence-corrected chi connectivity index (χ1v) is 7.64. The van der Waals surface area contributed by atoms with Crippen LogP contribution in [0, 0.1) is 19.8 Å². The number of aryl methyl sites for hydroxylation is 2. The molecule has 2 rings (SSSR count). The van der Waals surface area contributed by atoms with Crippen LogP contribution in [0.5, 0.6) is 0 Å². The van der Waals surface area contributed by atoms with Crippen LogP contribution < -0.4 is 5.32 Å². The first-order chi connectivity index (χ1) is 8.16. The lowest BCUT2D eigenvalue weighted by Crippen LogP contribution is -2.34. The minimum absolute atomic E-state index is 0.650. The largest absolute Gasteiger partial charge is 0.309 e. The SMILES string of the molecule is Cc1nc(C)c(CN[C@@H](C)C2CCCCC2)s1. The smallest absolute Gasteiger partial charge is 0.0900 e. The molecule has 1 saturated carbocycles. The molecule has 1 atom stereocenters. The molecule has 17 heavy (non-hydrogen) atoms. The molecule has 0 saturated heterocycles. The lowest BCUT2D eigenvalue weighted by molar-refractivity contribution is 0.281. The van der Waals surface area contributed by atoms with Gasteiger partial charge in [-0.15, -0.1) is 11.3 Å². The third-order valence-corrected chi connectivity index (χ3v) is 5.01. The van der Waals surface area contributed by atoms with Crippen LogP contribution in [-0.2, 0) is 6.54 Å². The average molecular weight is 252 g/mol. The van der Waals surface area contributed by atoms with E-state index in [1.54, 1.807) is 0 Å². The van der Waals surface area contributed by atoms with Gasteiger partial charge in [-0.3, -0.25) is 0 Å². The Labute approximate surface area is 109 Å². The van der Waals surface area contributed by atoms with E-state index in [1.807, 2.05) is 11.3 Å². The van der Waals surface area contributed by atoms with Crippen molar-refractivity contribution in [1.82, 2.24) is 10.3 Å². The molecule has 1 aliphatic rings. The Hall–Kier alpha value is -0.410. The number of hydrogen-bond donors (Lipinski definition) is 1. The summed E-state index contributed by atoms with van der Waals surface area (Å²) in [5.74, 6) is 0.887. The Morgan fingerprint density at radius 3 is 2.59 bits per heavy atom. The second-order valence-electron chi connectivity index (χ2n) is 5.31. The van der Waals surface area contributed by atoms with Gasteiger partial charge in [0.1, 0.15) is 0 Å². The monoisotopic (exact) mass is 252 g/mol. The van der Waals surface area contributed by atoms with Gasteiger partial charge in [0.05, 0.1) is 10.7 Å². The molecule has 1 heterocycles. The Balaban J connectivity index is 1.82. The topological polar surface area (TPSA) is 24.9 Å². The summed E-state index contributed by atoms with van der Waals surface area (Å²) in [6.45, 7) is 7.55. The van der Waals surface area contributed by atoms with Crippen LogP contribution in [0.2, 0.25) is 0 Å². The van der Waals surface area contributed by atoms with Gasteiger partial charge in [-0.05, 0) is 39.5 Å². The van der Waals surface area contributed by atoms with E-state index in [0.717, 1.165) is 12.5 Å². The number of nitrogens with zero attached hydrogens (tertiary/aromatic N) is 1. The molecule has 1 aromatic heterocycles. The number of thiazole rings is 1. The first-order valence-electron chi connectivity index (χ1n) is 6.83. The van der Waals surface area contributed by atoms with Gasteiger partial charge in [0.2, 0.25) is 0 Å². The van der Waals surface area contributed by atoms with Crippen LogP contribution in [-0.4, -0.2) is 11.0 Å². The average Bonchev–Trinajstić information content (AvgIpc) is 2.66. The zero-order valence-electron chi connectivity index (χ0n) is 11.3. The van der Waals surface area contributed by atoms with E-state index in [4.69, 9.17) is 0 Å². The molecule has 1 aliphatic carbocycles. The minimum Gasteiger partial charge on any atom is -0.309 e. The van der Waals surface area contributed by atoms with Crippen molar-refractivity contribution in [3.05, 3.63) is 15.6 Å². The van der Waals surface area contributed by atoms with E-state index >= 15 is 0 Å². The van der Waals surface area contributed by atoms with E-state index in [2.05, 4.69) is 31.1 Å². The van der Waals surface area contributed by atoms with Gasteiger partial charge < -0.3 is 5.32 Å². The highest BCUT2D eigenvalue weighted by Gasteiger charge is 2.19. The predicted molar refractivity (Wildman–Crippen MR) is 74.5 cm³/mol. The predicted octanol–water partition coefficient (Wildman–Crippen LogP) is 3.82. The number of nitrogens with one attached hydrogen (secondary N) is 1. The number of aromatic nitrogens is 1. The molecule has 0 aliphatic heterocycles. The van der Waals surface area contributed by atoms with Crippen molar-refractivity contribution in [2.45, 2.75) is 65.5 Å². The first kappa shape index (κ1) is 13.0. The minimum atomic E-state index is 0.650. The maximum absolute atomic E-state index is 4.48. The molecule has 1 N–H and O–H groups in total. The summed E-state index contributed by atoms with van der Waals surface area (Å²) in [5, 5.41) is 4.88. The molecule has 1 aromatic rings. The summed E-state index contributed by atoms with van der Waals surface area (Å²) < 4.78 is 0. The van der Waals surface area contributed by atoms with E-state index in [9.17, 15) is 0 Å². The Bertz CT molecular complexity index is 353. The van der Waals surface area contributed by atoms with Crippen LogP contribution in [0.15, 0.2) is 0 Å². The van der Waals surface area contributed by atoms with Crippen LogP contribution >= 0.6 is 11.3 Å². The second kappa shape index (κ2) is 5.96. The fourth-order valence-corrected chi connectivity index (χ4v) is 3.68. The zero-order chi connectivity index (χ0) is 12.3. The normalized spacial score (nSPS) is 19.5. The third-order valence-electron chi connectivity index (χ3n) is 3.94. The number of hydrogen-bond acceptors (Lipinski definition) is 3. The van der Waals surface area contributed by atoms with E-state index < -0.39 is 0 Å². The summed E-state index contributed by atoms with van der Waals surface area (Å²) in [6, 6.07) is 0.650. The van der Waals surface area contributed by atoms with Gasteiger partial charge in [0.25, 0.3) is 0 Å². The summed E-state index contributed by atoms with van der Waals surface area (Å²) in [6.07, 6.45) is 7.12. The molecular formula is C14H24N2S. The van der Waals surface area contributed by atoms with Crippen molar-refractivity contribution >= 4 is 11.3 Å². The molecule has 0 unspecified atom stereocenters. The van der Waals surface area contributed by atoms with Gasteiger partial charge in [-0.2, -0.15) is 0 Å². The molecular weight excluding hydrogens is 228 g/mol. The van der Waals surface area contributed by atoms with Crippen LogP contribution in [0.4, 0.5) is 0 Å². The van der Waals surface area contributed by atoms with Crippen molar-refractivity contribution in [2.24, 2.45) is 5.92 Å².